The fourth-order valence-corrected chi connectivity index (χ4v) is 2.35. The minimum absolute atomic E-state index is 0.419. The van der Waals surface area contributed by atoms with Crippen molar-refractivity contribution < 1.29 is 5.11 Å². The van der Waals surface area contributed by atoms with E-state index in [1.165, 1.54) is 11.1 Å². The molecule has 1 unspecified atom stereocenters. The van der Waals surface area contributed by atoms with Gasteiger partial charge in [0.05, 0.1) is 6.10 Å². The van der Waals surface area contributed by atoms with Crippen molar-refractivity contribution in [3.05, 3.63) is 70.8 Å². The molecule has 0 bridgehead atoms. The van der Waals surface area contributed by atoms with E-state index in [1.807, 2.05) is 36.4 Å². The molecule has 0 saturated heterocycles. The zero-order chi connectivity index (χ0) is 11.7. The van der Waals surface area contributed by atoms with E-state index < -0.39 is 6.10 Å². The summed E-state index contributed by atoms with van der Waals surface area (Å²) in [5.74, 6) is 0. The van der Waals surface area contributed by atoms with Crippen molar-refractivity contribution in [1.82, 2.24) is 0 Å². The second-order valence-electron chi connectivity index (χ2n) is 4.38. The molecule has 0 saturated carbocycles. The number of fused-ring (bicyclic) bond motifs is 2. The molecule has 1 nitrogen and oxygen atoms in total. The van der Waals surface area contributed by atoms with Crippen molar-refractivity contribution in [3.63, 3.8) is 0 Å². The van der Waals surface area contributed by atoms with Crippen molar-refractivity contribution >= 4 is 12.2 Å². The summed E-state index contributed by atoms with van der Waals surface area (Å²) >= 11 is 0. The van der Waals surface area contributed by atoms with Gasteiger partial charge in [0.1, 0.15) is 0 Å². The maximum atomic E-state index is 10.3. The van der Waals surface area contributed by atoms with Crippen LogP contribution in [0.1, 0.15) is 28.4 Å². The number of aliphatic hydroxyl groups excluding tert-OH is 1. The van der Waals surface area contributed by atoms with Gasteiger partial charge in [0.25, 0.3) is 0 Å². The van der Waals surface area contributed by atoms with Crippen molar-refractivity contribution in [1.29, 1.82) is 0 Å². The van der Waals surface area contributed by atoms with E-state index in [2.05, 4.69) is 24.3 Å². The predicted octanol–water partition coefficient (Wildman–Crippen LogP) is 3.45. The minimum atomic E-state index is -0.419. The maximum absolute atomic E-state index is 10.3. The fraction of sp³-hybridized carbons (Fsp3) is 0.125. The lowest BCUT2D eigenvalue weighted by molar-refractivity contribution is 0.178. The van der Waals surface area contributed by atoms with Gasteiger partial charge in [-0.15, -0.1) is 0 Å². The van der Waals surface area contributed by atoms with Crippen LogP contribution in [0.2, 0.25) is 0 Å². The molecular formula is C16H14O. The summed E-state index contributed by atoms with van der Waals surface area (Å²) in [4.78, 5) is 0. The van der Waals surface area contributed by atoms with Crippen LogP contribution in [0, 0.1) is 0 Å². The van der Waals surface area contributed by atoms with Crippen LogP contribution in [-0.2, 0) is 6.42 Å². The maximum Gasteiger partial charge on any atom is 0.0836 e. The van der Waals surface area contributed by atoms with Crippen molar-refractivity contribution in [2.24, 2.45) is 0 Å². The Hall–Kier alpha value is -1.86. The fourth-order valence-electron chi connectivity index (χ4n) is 2.35. The summed E-state index contributed by atoms with van der Waals surface area (Å²) in [5, 5.41) is 10.3. The third kappa shape index (κ3) is 1.90. The minimum Gasteiger partial charge on any atom is -0.388 e. The van der Waals surface area contributed by atoms with E-state index in [9.17, 15) is 5.11 Å². The SMILES string of the molecule is OC1Cc2ccccc2/C=C\c2ccccc21. The third-order valence-electron chi connectivity index (χ3n) is 3.27. The van der Waals surface area contributed by atoms with Gasteiger partial charge in [-0.25, -0.2) is 0 Å². The number of hydrogen-bond donors (Lipinski definition) is 1. The Labute approximate surface area is 101 Å². The van der Waals surface area contributed by atoms with Crippen LogP contribution in [-0.4, -0.2) is 5.11 Å². The quantitative estimate of drug-likeness (QED) is 0.724. The number of aliphatic hydroxyl groups is 1. The van der Waals surface area contributed by atoms with Crippen LogP contribution in [0.4, 0.5) is 0 Å². The van der Waals surface area contributed by atoms with Gasteiger partial charge in [-0.2, -0.15) is 0 Å². The number of hydrogen-bond acceptors (Lipinski definition) is 1. The second-order valence-corrected chi connectivity index (χ2v) is 4.38. The highest BCUT2D eigenvalue weighted by Crippen LogP contribution is 2.28. The van der Waals surface area contributed by atoms with Crippen LogP contribution in [0.5, 0.6) is 0 Å². The van der Waals surface area contributed by atoms with Gasteiger partial charge in [0.2, 0.25) is 0 Å². The van der Waals surface area contributed by atoms with Crippen molar-refractivity contribution in [2.75, 3.05) is 0 Å². The molecule has 84 valence electrons. The molecule has 0 fully saturated rings. The van der Waals surface area contributed by atoms with E-state index >= 15 is 0 Å². The van der Waals surface area contributed by atoms with Crippen molar-refractivity contribution in [3.8, 4) is 0 Å². The molecule has 1 aliphatic carbocycles. The standard InChI is InChI=1S/C16H14O/c17-16-11-14-7-2-1-5-12(14)9-10-13-6-3-4-8-15(13)16/h1-10,16-17H,11H2/b10-9-. The summed E-state index contributed by atoms with van der Waals surface area (Å²) in [5.41, 5.74) is 4.51. The molecule has 0 aliphatic heterocycles. The highest BCUT2D eigenvalue weighted by atomic mass is 16.3. The highest BCUT2D eigenvalue weighted by Gasteiger charge is 2.14. The van der Waals surface area contributed by atoms with Crippen LogP contribution in [0.3, 0.4) is 0 Å². The van der Waals surface area contributed by atoms with E-state index in [-0.39, 0.29) is 0 Å². The molecule has 3 rings (SSSR count). The van der Waals surface area contributed by atoms with E-state index in [4.69, 9.17) is 0 Å². The Bertz CT molecular complexity index is 569. The van der Waals surface area contributed by atoms with Gasteiger partial charge < -0.3 is 5.11 Å². The summed E-state index contributed by atoms with van der Waals surface area (Å²) < 4.78 is 0. The summed E-state index contributed by atoms with van der Waals surface area (Å²) in [6.07, 6.45) is 4.46. The monoisotopic (exact) mass is 222 g/mol. The van der Waals surface area contributed by atoms with E-state index in [0.717, 1.165) is 11.1 Å². The lowest BCUT2D eigenvalue weighted by Crippen LogP contribution is -2.06. The summed E-state index contributed by atoms with van der Waals surface area (Å²) in [6.45, 7) is 0. The van der Waals surface area contributed by atoms with Gasteiger partial charge in [-0.05, 0) is 22.3 Å². The van der Waals surface area contributed by atoms with Gasteiger partial charge in [-0.3, -0.25) is 0 Å². The van der Waals surface area contributed by atoms with Crippen LogP contribution >= 0.6 is 0 Å². The molecule has 0 heterocycles. The average Bonchev–Trinajstić information content (AvgIpc) is 2.36. The number of rotatable bonds is 0. The Morgan fingerprint density at radius 2 is 1.47 bits per heavy atom. The number of benzene rings is 2. The highest BCUT2D eigenvalue weighted by molar-refractivity contribution is 5.73. The Balaban J connectivity index is 2.16. The molecule has 2 aromatic carbocycles. The average molecular weight is 222 g/mol. The van der Waals surface area contributed by atoms with Gasteiger partial charge in [-0.1, -0.05) is 60.7 Å². The first kappa shape index (κ1) is 10.3. The second kappa shape index (κ2) is 4.19. The van der Waals surface area contributed by atoms with Gasteiger partial charge in [0, 0.05) is 6.42 Å². The molecule has 1 aliphatic rings. The molecule has 1 heteroatoms. The van der Waals surface area contributed by atoms with E-state index in [1.54, 1.807) is 0 Å². The first-order valence-corrected chi connectivity index (χ1v) is 5.87. The molecule has 0 aromatic heterocycles. The smallest absolute Gasteiger partial charge is 0.0836 e. The van der Waals surface area contributed by atoms with Crippen molar-refractivity contribution in [2.45, 2.75) is 12.5 Å². The molecule has 0 amide bonds. The molecule has 0 radical (unpaired) electrons. The van der Waals surface area contributed by atoms with Crippen LogP contribution in [0.15, 0.2) is 48.5 Å². The summed E-state index contributed by atoms with van der Waals surface area (Å²) in [6, 6.07) is 16.2. The summed E-state index contributed by atoms with van der Waals surface area (Å²) in [7, 11) is 0. The third-order valence-corrected chi connectivity index (χ3v) is 3.27. The molecule has 0 spiro atoms. The molecule has 1 N–H and O–H groups in total. The van der Waals surface area contributed by atoms with Crippen LogP contribution < -0.4 is 0 Å². The molecular weight excluding hydrogens is 208 g/mol. The first-order chi connectivity index (χ1) is 8.34. The lowest BCUT2D eigenvalue weighted by Gasteiger charge is -2.17. The Kier molecular flexibility index (Phi) is 2.54. The normalized spacial score (nSPS) is 19.7. The van der Waals surface area contributed by atoms with Gasteiger partial charge in [0.15, 0.2) is 0 Å². The van der Waals surface area contributed by atoms with E-state index in [0.29, 0.717) is 6.42 Å². The topological polar surface area (TPSA) is 20.2 Å². The van der Waals surface area contributed by atoms with Gasteiger partial charge >= 0.3 is 0 Å². The molecule has 1 atom stereocenters. The molecule has 2 aromatic rings. The predicted molar refractivity (Wildman–Crippen MR) is 70.5 cm³/mol. The first-order valence-electron chi connectivity index (χ1n) is 5.87. The largest absolute Gasteiger partial charge is 0.388 e. The molecule has 17 heavy (non-hydrogen) atoms. The lowest BCUT2D eigenvalue weighted by atomic mass is 9.91. The Morgan fingerprint density at radius 3 is 2.35 bits per heavy atom. The zero-order valence-corrected chi connectivity index (χ0v) is 9.51. The zero-order valence-electron chi connectivity index (χ0n) is 9.51. The Morgan fingerprint density at radius 1 is 0.824 bits per heavy atom. The van der Waals surface area contributed by atoms with Crippen LogP contribution in [0.25, 0.3) is 12.2 Å².